The Bertz CT molecular complexity index is 1040. The molecule has 0 atom stereocenters. The first-order valence-corrected chi connectivity index (χ1v) is 8.13. The van der Waals surface area contributed by atoms with Crippen LogP contribution in [-0.4, -0.2) is 11.1 Å². The fraction of sp³-hybridized carbons (Fsp3) is 0.0909. The maximum atomic E-state index is 11.3. The molecule has 0 fully saturated rings. The predicted octanol–water partition coefficient (Wildman–Crippen LogP) is 4.72. The van der Waals surface area contributed by atoms with Crippen molar-refractivity contribution in [2.24, 2.45) is 0 Å². The first-order chi connectivity index (χ1) is 12.6. The lowest BCUT2D eigenvalue weighted by Gasteiger charge is -2.13. The second-order valence-corrected chi connectivity index (χ2v) is 5.95. The molecule has 0 aliphatic rings. The molecule has 0 aromatic heterocycles. The third-order valence-electron chi connectivity index (χ3n) is 4.05. The third kappa shape index (κ3) is 3.73. The number of carboxylic acid groups (broad SMARTS) is 1. The molecule has 3 aromatic rings. The molecule has 0 radical (unpaired) electrons. The summed E-state index contributed by atoms with van der Waals surface area (Å²) in [5.74, 6) is -0.718. The van der Waals surface area contributed by atoms with Gasteiger partial charge in [-0.3, -0.25) is 0 Å². The van der Waals surface area contributed by atoms with Crippen LogP contribution >= 0.6 is 0 Å². The highest BCUT2D eigenvalue weighted by atomic mass is 16.5. The van der Waals surface area contributed by atoms with E-state index in [1.54, 1.807) is 12.1 Å². The van der Waals surface area contributed by atoms with Crippen LogP contribution in [0.4, 0.5) is 0 Å². The Labute approximate surface area is 151 Å². The van der Waals surface area contributed by atoms with Crippen LogP contribution in [0.15, 0.2) is 66.2 Å². The molecule has 0 spiro atoms. The molecule has 0 amide bonds. The van der Waals surface area contributed by atoms with Gasteiger partial charge in [0.2, 0.25) is 0 Å². The van der Waals surface area contributed by atoms with Gasteiger partial charge in [-0.25, -0.2) is 4.79 Å². The number of rotatable bonds is 5. The van der Waals surface area contributed by atoms with Crippen molar-refractivity contribution in [3.8, 4) is 11.8 Å². The van der Waals surface area contributed by atoms with Crippen molar-refractivity contribution in [2.45, 2.75) is 13.5 Å². The molecule has 0 bridgehead atoms. The lowest BCUT2D eigenvalue weighted by molar-refractivity contribution is -0.132. The summed E-state index contributed by atoms with van der Waals surface area (Å²) >= 11 is 0. The Morgan fingerprint density at radius 1 is 1.15 bits per heavy atom. The number of ether oxygens (including phenoxy) is 1. The summed E-state index contributed by atoms with van der Waals surface area (Å²) in [5, 5.41) is 20.1. The van der Waals surface area contributed by atoms with E-state index in [0.29, 0.717) is 17.9 Å². The number of aliphatic carboxylic acids is 1. The van der Waals surface area contributed by atoms with Gasteiger partial charge in [-0.05, 0) is 35.4 Å². The average Bonchev–Trinajstić information content (AvgIpc) is 2.64. The van der Waals surface area contributed by atoms with E-state index in [1.165, 1.54) is 6.08 Å². The topological polar surface area (TPSA) is 70.3 Å². The molecule has 3 rings (SSSR count). The van der Waals surface area contributed by atoms with Gasteiger partial charge >= 0.3 is 5.97 Å². The number of aryl methyl sites for hydroxylation is 1. The quantitative estimate of drug-likeness (QED) is 0.537. The van der Waals surface area contributed by atoms with Crippen molar-refractivity contribution < 1.29 is 14.6 Å². The van der Waals surface area contributed by atoms with Crippen LogP contribution in [0.5, 0.6) is 5.75 Å². The number of benzene rings is 3. The lowest BCUT2D eigenvalue weighted by atomic mass is 10.0. The molecule has 0 saturated carbocycles. The largest absolute Gasteiger partial charge is 0.488 e. The fourth-order valence-electron chi connectivity index (χ4n) is 2.80. The van der Waals surface area contributed by atoms with Gasteiger partial charge in [-0.2, -0.15) is 5.26 Å². The minimum Gasteiger partial charge on any atom is -0.488 e. The Hall–Kier alpha value is -3.58. The van der Waals surface area contributed by atoms with Gasteiger partial charge < -0.3 is 9.84 Å². The van der Waals surface area contributed by atoms with E-state index in [2.05, 4.69) is 0 Å². The molecule has 26 heavy (non-hydrogen) atoms. The molecule has 4 nitrogen and oxygen atoms in total. The first-order valence-electron chi connectivity index (χ1n) is 8.13. The fourth-order valence-corrected chi connectivity index (χ4v) is 2.80. The van der Waals surface area contributed by atoms with Crippen LogP contribution in [0.2, 0.25) is 0 Å². The Morgan fingerprint density at radius 3 is 2.69 bits per heavy atom. The summed E-state index contributed by atoms with van der Waals surface area (Å²) in [6.45, 7) is 2.37. The minimum absolute atomic E-state index is 0.332. The highest BCUT2D eigenvalue weighted by Gasteiger charge is 2.12. The standard InChI is InChI=1S/C22H17NO3/c1-15-5-4-6-16(11-15)14-26-21-10-9-17-7-2-3-8-19(17)20(21)12-18(13-23)22(24)25/h2-12H,14H2,1H3,(H,24,25). The van der Waals surface area contributed by atoms with Crippen LogP contribution in [-0.2, 0) is 11.4 Å². The number of carboxylic acids is 1. The summed E-state index contributed by atoms with van der Waals surface area (Å²) in [4.78, 5) is 11.3. The summed E-state index contributed by atoms with van der Waals surface area (Å²) in [6.07, 6.45) is 1.37. The van der Waals surface area contributed by atoms with Crippen LogP contribution in [0.3, 0.4) is 0 Å². The maximum absolute atomic E-state index is 11.3. The van der Waals surface area contributed by atoms with E-state index in [-0.39, 0.29) is 5.57 Å². The molecule has 0 saturated heterocycles. The smallest absolute Gasteiger partial charge is 0.346 e. The molecular formula is C22H17NO3. The summed E-state index contributed by atoms with van der Waals surface area (Å²) < 4.78 is 5.96. The average molecular weight is 343 g/mol. The molecular weight excluding hydrogens is 326 g/mol. The van der Waals surface area contributed by atoms with Gasteiger partial charge in [0.25, 0.3) is 0 Å². The van der Waals surface area contributed by atoms with Gasteiger partial charge in [0, 0.05) is 5.56 Å². The van der Waals surface area contributed by atoms with E-state index in [9.17, 15) is 9.90 Å². The summed E-state index contributed by atoms with van der Waals surface area (Å²) in [6, 6.07) is 21.0. The van der Waals surface area contributed by atoms with Gasteiger partial charge in [0.05, 0.1) is 0 Å². The van der Waals surface area contributed by atoms with Crippen LogP contribution < -0.4 is 4.74 Å². The third-order valence-corrected chi connectivity index (χ3v) is 4.05. The molecule has 0 heterocycles. The molecule has 0 aliphatic carbocycles. The number of hydrogen-bond donors (Lipinski definition) is 1. The zero-order valence-corrected chi connectivity index (χ0v) is 14.3. The number of hydrogen-bond acceptors (Lipinski definition) is 3. The Morgan fingerprint density at radius 2 is 1.96 bits per heavy atom. The van der Waals surface area contributed by atoms with E-state index in [0.717, 1.165) is 21.9 Å². The molecule has 0 unspecified atom stereocenters. The van der Waals surface area contributed by atoms with E-state index < -0.39 is 5.97 Å². The Balaban J connectivity index is 2.05. The van der Waals surface area contributed by atoms with E-state index >= 15 is 0 Å². The van der Waals surface area contributed by atoms with Crippen LogP contribution in [0.25, 0.3) is 16.8 Å². The highest BCUT2D eigenvalue weighted by molar-refractivity contribution is 6.01. The number of carbonyl (C=O) groups is 1. The van der Waals surface area contributed by atoms with E-state index in [4.69, 9.17) is 10.00 Å². The SMILES string of the molecule is Cc1cccc(COc2ccc3ccccc3c2C=C(C#N)C(=O)O)c1. The van der Waals surface area contributed by atoms with Crippen molar-refractivity contribution in [3.63, 3.8) is 0 Å². The lowest BCUT2D eigenvalue weighted by Crippen LogP contribution is -2.00. The summed E-state index contributed by atoms with van der Waals surface area (Å²) in [5.41, 5.74) is 2.42. The maximum Gasteiger partial charge on any atom is 0.346 e. The zero-order valence-electron chi connectivity index (χ0n) is 14.3. The van der Waals surface area contributed by atoms with Crippen LogP contribution in [0, 0.1) is 18.3 Å². The normalized spacial score (nSPS) is 11.2. The summed E-state index contributed by atoms with van der Waals surface area (Å²) in [7, 11) is 0. The molecule has 3 aromatic carbocycles. The second kappa shape index (κ2) is 7.54. The van der Waals surface area contributed by atoms with Crippen molar-refractivity contribution in [1.82, 2.24) is 0 Å². The molecule has 0 aliphatic heterocycles. The number of fused-ring (bicyclic) bond motifs is 1. The highest BCUT2D eigenvalue weighted by Crippen LogP contribution is 2.31. The first kappa shape index (κ1) is 17.2. The monoisotopic (exact) mass is 343 g/mol. The Kier molecular flexibility index (Phi) is 5.00. The molecule has 1 N–H and O–H groups in total. The van der Waals surface area contributed by atoms with Crippen LogP contribution in [0.1, 0.15) is 16.7 Å². The van der Waals surface area contributed by atoms with Crippen molar-refractivity contribution in [1.29, 1.82) is 5.26 Å². The second-order valence-electron chi connectivity index (χ2n) is 5.95. The van der Waals surface area contributed by atoms with Gasteiger partial charge in [0.1, 0.15) is 24.0 Å². The van der Waals surface area contributed by atoms with E-state index in [1.807, 2.05) is 61.5 Å². The molecule has 128 valence electrons. The van der Waals surface area contributed by atoms with Crippen molar-refractivity contribution >= 4 is 22.8 Å². The van der Waals surface area contributed by atoms with Crippen molar-refractivity contribution in [2.75, 3.05) is 0 Å². The predicted molar refractivity (Wildman–Crippen MR) is 101 cm³/mol. The molecule has 4 heteroatoms. The van der Waals surface area contributed by atoms with Gasteiger partial charge in [-0.1, -0.05) is 60.2 Å². The van der Waals surface area contributed by atoms with Gasteiger partial charge in [0.15, 0.2) is 0 Å². The zero-order chi connectivity index (χ0) is 18.5. The minimum atomic E-state index is -1.26. The number of nitriles is 1. The number of nitrogens with zero attached hydrogens (tertiary/aromatic N) is 1. The van der Waals surface area contributed by atoms with Gasteiger partial charge in [-0.15, -0.1) is 0 Å². The van der Waals surface area contributed by atoms with Crippen molar-refractivity contribution in [3.05, 3.63) is 82.9 Å².